The second kappa shape index (κ2) is 7.45. The SMILES string of the molecule is CCCc1cc(O)c(CC)c(CCC)c1CCC. The Bertz CT molecular complexity index is 380. The summed E-state index contributed by atoms with van der Waals surface area (Å²) in [6.07, 6.45) is 7.75. The van der Waals surface area contributed by atoms with Crippen molar-refractivity contribution in [2.24, 2.45) is 0 Å². The number of benzene rings is 1. The van der Waals surface area contributed by atoms with Crippen molar-refractivity contribution in [2.45, 2.75) is 72.6 Å². The Morgan fingerprint density at radius 3 is 1.83 bits per heavy atom. The van der Waals surface area contributed by atoms with Crippen LogP contribution < -0.4 is 0 Å². The molecular formula is C17H28O. The topological polar surface area (TPSA) is 20.2 Å². The first-order chi connectivity index (χ1) is 8.69. The largest absolute Gasteiger partial charge is 0.508 e. The summed E-state index contributed by atoms with van der Waals surface area (Å²) in [4.78, 5) is 0. The smallest absolute Gasteiger partial charge is 0.119 e. The lowest BCUT2D eigenvalue weighted by Gasteiger charge is -2.19. The van der Waals surface area contributed by atoms with Crippen LogP contribution in [0.4, 0.5) is 0 Å². The molecule has 1 heteroatoms. The quantitative estimate of drug-likeness (QED) is 0.734. The van der Waals surface area contributed by atoms with E-state index in [2.05, 4.69) is 27.7 Å². The summed E-state index contributed by atoms with van der Waals surface area (Å²) >= 11 is 0. The zero-order valence-electron chi connectivity index (χ0n) is 12.5. The molecule has 0 aromatic heterocycles. The van der Waals surface area contributed by atoms with Gasteiger partial charge in [-0.05, 0) is 54.0 Å². The van der Waals surface area contributed by atoms with Gasteiger partial charge in [0.05, 0.1) is 0 Å². The fourth-order valence-corrected chi connectivity index (χ4v) is 2.87. The third kappa shape index (κ3) is 3.28. The van der Waals surface area contributed by atoms with Crippen LogP contribution in [0.25, 0.3) is 0 Å². The van der Waals surface area contributed by atoms with Gasteiger partial charge in [0.2, 0.25) is 0 Å². The number of hydrogen-bond donors (Lipinski definition) is 1. The van der Waals surface area contributed by atoms with Crippen molar-refractivity contribution >= 4 is 0 Å². The highest BCUT2D eigenvalue weighted by atomic mass is 16.3. The van der Waals surface area contributed by atoms with Crippen LogP contribution in [0.5, 0.6) is 5.75 Å². The fraction of sp³-hybridized carbons (Fsp3) is 0.647. The second-order valence-electron chi connectivity index (χ2n) is 5.09. The maximum atomic E-state index is 10.2. The monoisotopic (exact) mass is 248 g/mol. The van der Waals surface area contributed by atoms with Crippen LogP contribution in [0.3, 0.4) is 0 Å². The van der Waals surface area contributed by atoms with Crippen molar-refractivity contribution in [3.8, 4) is 5.75 Å². The van der Waals surface area contributed by atoms with Gasteiger partial charge in [-0.3, -0.25) is 0 Å². The summed E-state index contributed by atoms with van der Waals surface area (Å²) in [6, 6.07) is 2.02. The van der Waals surface area contributed by atoms with Crippen LogP contribution in [0, 0.1) is 0 Å². The first kappa shape index (κ1) is 15.1. The first-order valence-electron chi connectivity index (χ1n) is 7.54. The predicted molar refractivity (Wildman–Crippen MR) is 79.5 cm³/mol. The van der Waals surface area contributed by atoms with Crippen molar-refractivity contribution in [2.75, 3.05) is 0 Å². The van der Waals surface area contributed by atoms with Gasteiger partial charge in [-0.1, -0.05) is 47.0 Å². The molecule has 0 atom stereocenters. The van der Waals surface area contributed by atoms with Crippen LogP contribution in [-0.2, 0) is 25.7 Å². The second-order valence-corrected chi connectivity index (χ2v) is 5.09. The number of phenolic OH excluding ortho intramolecular Hbond substituents is 1. The molecule has 0 aliphatic carbocycles. The summed E-state index contributed by atoms with van der Waals surface area (Å²) in [7, 11) is 0. The summed E-state index contributed by atoms with van der Waals surface area (Å²) in [5.74, 6) is 0.518. The average Bonchev–Trinajstić information content (AvgIpc) is 2.34. The van der Waals surface area contributed by atoms with Gasteiger partial charge in [0.1, 0.15) is 5.75 Å². The van der Waals surface area contributed by atoms with E-state index >= 15 is 0 Å². The van der Waals surface area contributed by atoms with Gasteiger partial charge in [0.15, 0.2) is 0 Å². The summed E-state index contributed by atoms with van der Waals surface area (Å²) in [5, 5.41) is 10.2. The van der Waals surface area contributed by atoms with Gasteiger partial charge in [0.25, 0.3) is 0 Å². The number of rotatable bonds is 7. The summed E-state index contributed by atoms with van der Waals surface area (Å²) in [6.45, 7) is 8.81. The van der Waals surface area contributed by atoms with Crippen molar-refractivity contribution in [3.63, 3.8) is 0 Å². The first-order valence-corrected chi connectivity index (χ1v) is 7.54. The molecule has 0 fully saturated rings. The molecule has 0 amide bonds. The summed E-state index contributed by atoms with van der Waals surface area (Å²) < 4.78 is 0. The van der Waals surface area contributed by atoms with E-state index in [-0.39, 0.29) is 0 Å². The minimum atomic E-state index is 0.518. The minimum absolute atomic E-state index is 0.518. The number of hydrogen-bond acceptors (Lipinski definition) is 1. The maximum absolute atomic E-state index is 10.2. The number of aryl methyl sites for hydroxylation is 1. The lowest BCUT2D eigenvalue weighted by atomic mass is 9.87. The molecule has 1 aromatic rings. The molecule has 102 valence electrons. The molecule has 1 aromatic carbocycles. The fourth-order valence-electron chi connectivity index (χ4n) is 2.87. The van der Waals surface area contributed by atoms with E-state index in [4.69, 9.17) is 0 Å². The van der Waals surface area contributed by atoms with E-state index < -0.39 is 0 Å². The maximum Gasteiger partial charge on any atom is 0.119 e. The van der Waals surface area contributed by atoms with E-state index in [1.54, 1.807) is 0 Å². The average molecular weight is 248 g/mol. The van der Waals surface area contributed by atoms with Crippen LogP contribution >= 0.6 is 0 Å². The van der Waals surface area contributed by atoms with Gasteiger partial charge >= 0.3 is 0 Å². The molecular weight excluding hydrogens is 220 g/mol. The zero-order chi connectivity index (χ0) is 13.5. The normalized spacial score (nSPS) is 10.9. The van der Waals surface area contributed by atoms with Gasteiger partial charge < -0.3 is 5.11 Å². The molecule has 0 unspecified atom stereocenters. The Balaban J connectivity index is 3.36. The van der Waals surface area contributed by atoms with Crippen LogP contribution in [0.2, 0.25) is 0 Å². The van der Waals surface area contributed by atoms with Crippen LogP contribution in [-0.4, -0.2) is 5.11 Å². The van der Waals surface area contributed by atoms with Crippen LogP contribution in [0.15, 0.2) is 6.07 Å². The highest BCUT2D eigenvalue weighted by Crippen LogP contribution is 2.31. The minimum Gasteiger partial charge on any atom is -0.508 e. The van der Waals surface area contributed by atoms with Gasteiger partial charge in [0, 0.05) is 0 Å². The Morgan fingerprint density at radius 1 is 0.778 bits per heavy atom. The van der Waals surface area contributed by atoms with Gasteiger partial charge in [-0.25, -0.2) is 0 Å². The van der Waals surface area contributed by atoms with E-state index in [0.717, 1.165) is 38.5 Å². The third-order valence-electron chi connectivity index (χ3n) is 3.61. The Morgan fingerprint density at radius 2 is 1.33 bits per heavy atom. The highest BCUT2D eigenvalue weighted by Gasteiger charge is 2.15. The molecule has 0 spiro atoms. The lowest BCUT2D eigenvalue weighted by Crippen LogP contribution is -2.05. The number of aromatic hydroxyl groups is 1. The molecule has 1 nitrogen and oxygen atoms in total. The standard InChI is InChI=1S/C17H28O/c1-5-9-13-12-17(18)14(8-4)16(11-7-3)15(13)10-6-2/h12,18H,5-11H2,1-4H3. The molecule has 0 aliphatic rings. The van der Waals surface area contributed by atoms with Crippen molar-refractivity contribution < 1.29 is 5.11 Å². The molecule has 0 bridgehead atoms. The Labute approximate surface area is 112 Å². The molecule has 0 aliphatic heterocycles. The highest BCUT2D eigenvalue weighted by molar-refractivity contribution is 5.49. The van der Waals surface area contributed by atoms with E-state index in [1.165, 1.54) is 28.7 Å². The Kier molecular flexibility index (Phi) is 6.24. The predicted octanol–water partition coefficient (Wildman–Crippen LogP) is 4.81. The lowest BCUT2D eigenvalue weighted by molar-refractivity contribution is 0.466. The Hall–Kier alpha value is -0.980. The van der Waals surface area contributed by atoms with Crippen molar-refractivity contribution in [1.82, 2.24) is 0 Å². The van der Waals surface area contributed by atoms with Crippen LogP contribution in [0.1, 0.15) is 69.2 Å². The van der Waals surface area contributed by atoms with E-state index in [9.17, 15) is 5.11 Å². The molecule has 1 N–H and O–H groups in total. The molecule has 0 heterocycles. The molecule has 1 rings (SSSR count). The third-order valence-corrected chi connectivity index (χ3v) is 3.61. The molecule has 0 saturated carbocycles. The van der Waals surface area contributed by atoms with Crippen molar-refractivity contribution in [1.29, 1.82) is 0 Å². The van der Waals surface area contributed by atoms with Gasteiger partial charge in [-0.2, -0.15) is 0 Å². The van der Waals surface area contributed by atoms with E-state index in [1.807, 2.05) is 6.07 Å². The zero-order valence-corrected chi connectivity index (χ0v) is 12.5. The number of phenols is 1. The van der Waals surface area contributed by atoms with E-state index in [0.29, 0.717) is 5.75 Å². The van der Waals surface area contributed by atoms with Crippen molar-refractivity contribution in [3.05, 3.63) is 28.3 Å². The molecule has 0 radical (unpaired) electrons. The summed E-state index contributed by atoms with van der Waals surface area (Å²) in [5.41, 5.74) is 5.51. The molecule has 18 heavy (non-hydrogen) atoms. The van der Waals surface area contributed by atoms with Gasteiger partial charge in [-0.15, -0.1) is 0 Å². The molecule has 0 saturated heterocycles.